The maximum atomic E-state index is 11.8. The average Bonchev–Trinajstić information content (AvgIpc) is 2.49. The number of carbonyl (C=O) groups excluding carboxylic acids is 1. The Balaban J connectivity index is 1.76. The van der Waals surface area contributed by atoms with Crippen molar-refractivity contribution in [3.05, 3.63) is 64.1 Å². The van der Waals surface area contributed by atoms with E-state index in [2.05, 4.69) is 10.6 Å². The van der Waals surface area contributed by atoms with Crippen LogP contribution in [0.1, 0.15) is 12.5 Å². The number of hydrogen-bond acceptors (Lipinski definition) is 2. The third-order valence-corrected chi connectivity index (χ3v) is 3.33. The molecule has 0 aliphatic rings. The van der Waals surface area contributed by atoms with Crippen molar-refractivity contribution in [2.45, 2.75) is 19.7 Å². The zero-order chi connectivity index (χ0) is 15.9. The summed E-state index contributed by atoms with van der Waals surface area (Å²) in [7, 11) is 0. The molecule has 2 rings (SSSR count). The van der Waals surface area contributed by atoms with Gasteiger partial charge < -0.3 is 15.4 Å². The summed E-state index contributed by atoms with van der Waals surface area (Å²) in [6, 6.07) is 13.9. The molecular weight excluding hydrogens is 323 g/mol. The molecule has 0 radical (unpaired) electrons. The van der Waals surface area contributed by atoms with Crippen molar-refractivity contribution in [2.24, 2.45) is 0 Å². The number of amides is 2. The van der Waals surface area contributed by atoms with E-state index < -0.39 is 6.23 Å². The topological polar surface area (TPSA) is 50.4 Å². The predicted octanol–water partition coefficient (Wildman–Crippen LogP) is 4.22. The maximum absolute atomic E-state index is 11.8. The second-order valence-corrected chi connectivity index (χ2v) is 5.54. The van der Waals surface area contributed by atoms with E-state index in [1.54, 1.807) is 43.3 Å². The van der Waals surface area contributed by atoms with E-state index in [4.69, 9.17) is 27.9 Å². The van der Waals surface area contributed by atoms with Crippen molar-refractivity contribution in [2.75, 3.05) is 0 Å². The predicted molar refractivity (Wildman–Crippen MR) is 88.4 cm³/mol. The lowest BCUT2D eigenvalue weighted by molar-refractivity contribution is 0.177. The molecule has 2 amide bonds. The second kappa shape index (κ2) is 7.92. The molecule has 0 saturated carbocycles. The van der Waals surface area contributed by atoms with E-state index in [0.717, 1.165) is 5.56 Å². The summed E-state index contributed by atoms with van der Waals surface area (Å²) in [5.41, 5.74) is 0.964. The summed E-state index contributed by atoms with van der Waals surface area (Å²) < 4.78 is 5.56. The van der Waals surface area contributed by atoms with Gasteiger partial charge in [0, 0.05) is 16.6 Å². The van der Waals surface area contributed by atoms with Gasteiger partial charge in [0.1, 0.15) is 5.75 Å². The van der Waals surface area contributed by atoms with Crippen LogP contribution in [0.5, 0.6) is 5.75 Å². The van der Waals surface area contributed by atoms with Gasteiger partial charge >= 0.3 is 6.03 Å². The SMILES string of the molecule is CC(NC(=O)NCc1ccc(Cl)cc1)Oc1ccc(Cl)cc1. The monoisotopic (exact) mass is 338 g/mol. The minimum absolute atomic E-state index is 0.309. The van der Waals surface area contributed by atoms with Crippen molar-refractivity contribution < 1.29 is 9.53 Å². The highest BCUT2D eigenvalue weighted by molar-refractivity contribution is 6.30. The maximum Gasteiger partial charge on any atom is 0.317 e. The fourth-order valence-corrected chi connectivity index (χ4v) is 2.02. The fraction of sp³-hybridized carbons (Fsp3) is 0.188. The first-order valence-corrected chi connectivity index (χ1v) is 7.49. The van der Waals surface area contributed by atoms with Gasteiger partial charge in [-0.3, -0.25) is 0 Å². The quantitative estimate of drug-likeness (QED) is 0.802. The molecule has 0 saturated heterocycles. The standard InChI is InChI=1S/C16H16Cl2N2O2/c1-11(22-15-8-6-14(18)7-9-15)20-16(21)19-10-12-2-4-13(17)5-3-12/h2-9,11H,10H2,1H3,(H2,19,20,21). The summed E-state index contributed by atoms with van der Waals surface area (Å²) >= 11 is 11.6. The minimum Gasteiger partial charge on any atom is -0.471 e. The van der Waals surface area contributed by atoms with Crippen molar-refractivity contribution in [3.63, 3.8) is 0 Å². The molecular formula is C16H16Cl2N2O2. The molecule has 1 unspecified atom stereocenters. The van der Waals surface area contributed by atoms with E-state index >= 15 is 0 Å². The Bertz CT molecular complexity index is 615. The number of rotatable bonds is 5. The van der Waals surface area contributed by atoms with Gasteiger partial charge in [-0.15, -0.1) is 0 Å². The molecule has 1 atom stereocenters. The number of benzene rings is 2. The smallest absolute Gasteiger partial charge is 0.317 e. The first-order valence-electron chi connectivity index (χ1n) is 6.74. The van der Waals surface area contributed by atoms with Crippen molar-refractivity contribution in [3.8, 4) is 5.75 Å². The minimum atomic E-state index is -0.466. The highest BCUT2D eigenvalue weighted by Crippen LogP contribution is 2.16. The summed E-state index contributed by atoms with van der Waals surface area (Å²) in [6.07, 6.45) is -0.466. The van der Waals surface area contributed by atoms with Crippen LogP contribution in [0.4, 0.5) is 4.79 Å². The van der Waals surface area contributed by atoms with Crippen LogP contribution in [0.3, 0.4) is 0 Å². The third kappa shape index (κ3) is 5.47. The number of urea groups is 1. The molecule has 116 valence electrons. The molecule has 0 bridgehead atoms. The molecule has 0 aliphatic carbocycles. The molecule has 22 heavy (non-hydrogen) atoms. The lowest BCUT2D eigenvalue weighted by atomic mass is 10.2. The Labute approximate surface area is 139 Å². The van der Waals surface area contributed by atoms with Gasteiger partial charge in [-0.2, -0.15) is 0 Å². The Kier molecular flexibility index (Phi) is 5.92. The third-order valence-electron chi connectivity index (χ3n) is 2.83. The number of nitrogens with one attached hydrogen (secondary N) is 2. The summed E-state index contributed by atoms with van der Waals surface area (Å²) in [5.74, 6) is 0.634. The van der Waals surface area contributed by atoms with Crippen molar-refractivity contribution in [1.29, 1.82) is 0 Å². The molecule has 0 spiro atoms. The first-order chi connectivity index (χ1) is 10.5. The van der Waals surface area contributed by atoms with E-state index in [1.165, 1.54) is 0 Å². The Morgan fingerprint density at radius 3 is 2.18 bits per heavy atom. The van der Waals surface area contributed by atoms with Crippen molar-refractivity contribution in [1.82, 2.24) is 10.6 Å². The van der Waals surface area contributed by atoms with Crippen LogP contribution in [0.25, 0.3) is 0 Å². The van der Waals surface area contributed by atoms with Crippen LogP contribution in [0.2, 0.25) is 10.0 Å². The summed E-state index contributed by atoms with van der Waals surface area (Å²) in [4.78, 5) is 11.8. The van der Waals surface area contributed by atoms with Crippen LogP contribution in [-0.4, -0.2) is 12.3 Å². The van der Waals surface area contributed by atoms with Crippen LogP contribution >= 0.6 is 23.2 Å². The molecule has 2 aromatic carbocycles. The summed E-state index contributed by atoms with van der Waals surface area (Å²) in [5, 5.41) is 6.74. The second-order valence-electron chi connectivity index (χ2n) is 4.67. The van der Waals surface area contributed by atoms with Crippen LogP contribution < -0.4 is 15.4 Å². The number of hydrogen-bond donors (Lipinski definition) is 2. The lowest BCUT2D eigenvalue weighted by Crippen LogP contribution is -2.43. The lowest BCUT2D eigenvalue weighted by Gasteiger charge is -2.16. The molecule has 0 heterocycles. The molecule has 2 aromatic rings. The van der Waals surface area contributed by atoms with Crippen LogP contribution in [0, 0.1) is 0 Å². The fourth-order valence-electron chi connectivity index (χ4n) is 1.77. The largest absolute Gasteiger partial charge is 0.471 e. The van der Waals surface area contributed by atoms with Crippen LogP contribution in [-0.2, 0) is 6.54 Å². The molecule has 2 N–H and O–H groups in total. The van der Waals surface area contributed by atoms with Gasteiger partial charge in [0.05, 0.1) is 0 Å². The molecule has 0 aromatic heterocycles. The zero-order valence-electron chi connectivity index (χ0n) is 12.0. The zero-order valence-corrected chi connectivity index (χ0v) is 13.5. The van der Waals surface area contributed by atoms with E-state index in [-0.39, 0.29) is 6.03 Å². The molecule has 0 aliphatic heterocycles. The van der Waals surface area contributed by atoms with E-state index in [9.17, 15) is 4.79 Å². The van der Waals surface area contributed by atoms with Gasteiger partial charge in [0.2, 0.25) is 0 Å². The van der Waals surface area contributed by atoms with Gasteiger partial charge in [-0.1, -0.05) is 35.3 Å². The molecule has 6 heteroatoms. The highest BCUT2D eigenvalue weighted by Gasteiger charge is 2.08. The highest BCUT2D eigenvalue weighted by atomic mass is 35.5. The van der Waals surface area contributed by atoms with Gasteiger partial charge in [0.25, 0.3) is 0 Å². The number of carbonyl (C=O) groups is 1. The normalized spacial score (nSPS) is 11.6. The average molecular weight is 339 g/mol. The summed E-state index contributed by atoms with van der Waals surface area (Å²) in [6.45, 7) is 2.16. The van der Waals surface area contributed by atoms with E-state index in [0.29, 0.717) is 22.3 Å². The molecule has 0 fully saturated rings. The number of halogens is 2. The first kappa shape index (κ1) is 16.5. The van der Waals surface area contributed by atoms with Crippen molar-refractivity contribution >= 4 is 29.2 Å². The van der Waals surface area contributed by atoms with E-state index in [1.807, 2.05) is 12.1 Å². The Hall–Kier alpha value is -1.91. The van der Waals surface area contributed by atoms with Crippen LogP contribution in [0.15, 0.2) is 48.5 Å². The van der Waals surface area contributed by atoms with Gasteiger partial charge in [0.15, 0.2) is 6.23 Å². The Morgan fingerprint density at radius 2 is 1.59 bits per heavy atom. The Morgan fingerprint density at radius 1 is 1.05 bits per heavy atom. The van der Waals surface area contributed by atoms with Gasteiger partial charge in [-0.25, -0.2) is 4.79 Å². The number of ether oxygens (including phenoxy) is 1. The van der Waals surface area contributed by atoms with Gasteiger partial charge in [-0.05, 0) is 48.9 Å². The molecule has 4 nitrogen and oxygen atoms in total.